The first-order valence-electron chi connectivity index (χ1n) is 7.34. The summed E-state index contributed by atoms with van der Waals surface area (Å²) < 4.78 is 16.4. The van der Waals surface area contributed by atoms with Gasteiger partial charge in [-0.1, -0.05) is 11.6 Å². The zero-order valence-corrected chi connectivity index (χ0v) is 14.0. The molecule has 2 aromatic carbocycles. The molecule has 0 atom stereocenters. The Kier molecular flexibility index (Phi) is 4.90. The van der Waals surface area contributed by atoms with Crippen LogP contribution in [0.4, 0.5) is 0 Å². The van der Waals surface area contributed by atoms with Crippen LogP contribution in [-0.4, -0.2) is 23.2 Å². The monoisotopic (exact) mass is 359 g/mol. The SMILES string of the molecule is COc1ccc(Oc2oc(-c3ccc(Cl)cc3)nc2CC(=O)O)cc1. The van der Waals surface area contributed by atoms with Crippen molar-refractivity contribution in [1.29, 1.82) is 0 Å². The van der Waals surface area contributed by atoms with Crippen LogP contribution in [-0.2, 0) is 11.2 Å². The molecule has 1 N–H and O–H groups in total. The lowest BCUT2D eigenvalue weighted by molar-refractivity contribution is -0.136. The van der Waals surface area contributed by atoms with E-state index < -0.39 is 5.97 Å². The van der Waals surface area contributed by atoms with Gasteiger partial charge in [-0.15, -0.1) is 0 Å². The minimum atomic E-state index is -1.03. The second-order valence-electron chi connectivity index (χ2n) is 5.11. The predicted molar refractivity (Wildman–Crippen MR) is 91.4 cm³/mol. The molecule has 128 valence electrons. The summed E-state index contributed by atoms with van der Waals surface area (Å²) in [5.74, 6) is 0.424. The number of carbonyl (C=O) groups is 1. The lowest BCUT2D eigenvalue weighted by Crippen LogP contribution is -2.01. The standard InChI is InChI=1S/C18H14ClNO5/c1-23-13-6-8-14(9-7-13)24-18-15(10-16(21)22)20-17(25-18)11-2-4-12(19)5-3-11/h2-9H,10H2,1H3,(H,21,22). The van der Waals surface area contributed by atoms with E-state index >= 15 is 0 Å². The summed E-state index contributed by atoms with van der Waals surface area (Å²) in [5, 5.41) is 9.65. The topological polar surface area (TPSA) is 81.8 Å². The van der Waals surface area contributed by atoms with Crippen molar-refractivity contribution in [1.82, 2.24) is 4.98 Å². The van der Waals surface area contributed by atoms with Crippen LogP contribution in [0, 0.1) is 0 Å². The molecular formula is C18H14ClNO5. The molecule has 25 heavy (non-hydrogen) atoms. The molecule has 6 nitrogen and oxygen atoms in total. The quantitative estimate of drug-likeness (QED) is 0.701. The molecule has 0 saturated heterocycles. The van der Waals surface area contributed by atoms with Crippen molar-refractivity contribution in [3.63, 3.8) is 0 Å². The van der Waals surface area contributed by atoms with E-state index in [4.69, 9.17) is 30.6 Å². The molecule has 1 aromatic heterocycles. The average Bonchev–Trinajstić information content (AvgIpc) is 2.98. The van der Waals surface area contributed by atoms with Gasteiger partial charge in [-0.05, 0) is 48.5 Å². The lowest BCUT2D eigenvalue weighted by Gasteiger charge is -2.04. The Balaban J connectivity index is 1.92. The van der Waals surface area contributed by atoms with E-state index in [2.05, 4.69) is 4.98 Å². The van der Waals surface area contributed by atoms with Gasteiger partial charge in [0.25, 0.3) is 0 Å². The molecule has 0 radical (unpaired) electrons. The van der Waals surface area contributed by atoms with Crippen molar-refractivity contribution < 1.29 is 23.8 Å². The molecule has 7 heteroatoms. The highest BCUT2D eigenvalue weighted by Crippen LogP contribution is 2.32. The van der Waals surface area contributed by atoms with E-state index in [1.54, 1.807) is 55.6 Å². The summed E-state index contributed by atoms with van der Waals surface area (Å²) in [7, 11) is 1.57. The molecule has 0 aliphatic rings. The van der Waals surface area contributed by atoms with Gasteiger partial charge in [0.05, 0.1) is 13.5 Å². The highest BCUT2D eigenvalue weighted by molar-refractivity contribution is 6.30. The third-order valence-corrected chi connectivity index (χ3v) is 3.59. The second-order valence-corrected chi connectivity index (χ2v) is 5.54. The lowest BCUT2D eigenvalue weighted by atomic mass is 10.2. The highest BCUT2D eigenvalue weighted by atomic mass is 35.5. The van der Waals surface area contributed by atoms with Gasteiger partial charge in [0.2, 0.25) is 5.89 Å². The summed E-state index contributed by atoms with van der Waals surface area (Å²) in [6.07, 6.45) is -0.317. The van der Waals surface area contributed by atoms with E-state index in [0.29, 0.717) is 22.1 Å². The summed E-state index contributed by atoms with van der Waals surface area (Å²) in [6, 6.07) is 13.7. The average molecular weight is 360 g/mol. The first kappa shape index (κ1) is 16.9. The number of nitrogens with zero attached hydrogens (tertiary/aromatic N) is 1. The predicted octanol–water partition coefficient (Wildman–Crippen LogP) is 4.42. The van der Waals surface area contributed by atoms with E-state index in [0.717, 1.165) is 0 Å². The minimum Gasteiger partial charge on any atom is -0.497 e. The van der Waals surface area contributed by atoms with Gasteiger partial charge in [0.15, 0.2) is 0 Å². The number of rotatable bonds is 6. The summed E-state index contributed by atoms with van der Waals surface area (Å²) in [4.78, 5) is 15.3. The number of carboxylic acid groups (broad SMARTS) is 1. The van der Waals surface area contributed by atoms with Crippen molar-refractivity contribution in [2.75, 3.05) is 7.11 Å². The maximum Gasteiger partial charge on any atom is 0.315 e. The zero-order valence-electron chi connectivity index (χ0n) is 13.2. The molecule has 0 fully saturated rings. The summed E-state index contributed by atoms with van der Waals surface area (Å²) >= 11 is 5.87. The van der Waals surface area contributed by atoms with Gasteiger partial charge in [-0.25, -0.2) is 4.98 Å². The van der Waals surface area contributed by atoms with Gasteiger partial charge >= 0.3 is 11.9 Å². The molecule has 0 spiro atoms. The Morgan fingerprint density at radius 2 is 1.76 bits per heavy atom. The van der Waals surface area contributed by atoms with Crippen molar-refractivity contribution in [2.24, 2.45) is 0 Å². The number of halogens is 1. The minimum absolute atomic E-state index is 0.0394. The highest BCUT2D eigenvalue weighted by Gasteiger charge is 2.19. The number of benzene rings is 2. The Morgan fingerprint density at radius 1 is 1.12 bits per heavy atom. The van der Waals surface area contributed by atoms with Crippen LogP contribution in [0.2, 0.25) is 5.02 Å². The Morgan fingerprint density at radius 3 is 2.36 bits per heavy atom. The number of oxazole rings is 1. The Labute approximate surface area is 148 Å². The van der Waals surface area contributed by atoms with Crippen LogP contribution in [0.1, 0.15) is 5.69 Å². The maximum atomic E-state index is 11.1. The van der Waals surface area contributed by atoms with Crippen LogP contribution >= 0.6 is 11.6 Å². The maximum absolute atomic E-state index is 11.1. The van der Waals surface area contributed by atoms with Crippen molar-refractivity contribution in [3.8, 4) is 28.9 Å². The largest absolute Gasteiger partial charge is 0.497 e. The van der Waals surface area contributed by atoms with E-state index in [1.165, 1.54) is 0 Å². The third kappa shape index (κ3) is 4.10. The Hall–Kier alpha value is -2.99. The van der Waals surface area contributed by atoms with Gasteiger partial charge in [0, 0.05) is 10.6 Å². The van der Waals surface area contributed by atoms with Crippen molar-refractivity contribution in [3.05, 3.63) is 59.2 Å². The molecule has 3 rings (SSSR count). The van der Waals surface area contributed by atoms with E-state index in [1.807, 2.05) is 0 Å². The number of aliphatic carboxylic acids is 1. The number of hydrogen-bond donors (Lipinski definition) is 1. The smallest absolute Gasteiger partial charge is 0.315 e. The van der Waals surface area contributed by atoms with Crippen LogP contribution < -0.4 is 9.47 Å². The first-order valence-corrected chi connectivity index (χ1v) is 7.72. The van der Waals surface area contributed by atoms with Gasteiger partial charge in [-0.2, -0.15) is 0 Å². The van der Waals surface area contributed by atoms with Crippen LogP contribution in [0.3, 0.4) is 0 Å². The van der Waals surface area contributed by atoms with Crippen LogP contribution in [0.25, 0.3) is 11.5 Å². The second kappa shape index (κ2) is 7.27. The summed E-state index contributed by atoms with van der Waals surface area (Å²) in [6.45, 7) is 0. The van der Waals surface area contributed by atoms with Crippen LogP contribution in [0.5, 0.6) is 17.4 Å². The number of hydrogen-bond acceptors (Lipinski definition) is 5. The van der Waals surface area contributed by atoms with Gasteiger partial charge in [-0.3, -0.25) is 4.79 Å². The van der Waals surface area contributed by atoms with Gasteiger partial charge < -0.3 is 19.0 Å². The Bertz CT molecular complexity index is 871. The first-order chi connectivity index (χ1) is 12.0. The fourth-order valence-electron chi connectivity index (χ4n) is 2.14. The number of ether oxygens (including phenoxy) is 2. The van der Waals surface area contributed by atoms with E-state index in [9.17, 15) is 4.79 Å². The van der Waals surface area contributed by atoms with Crippen LogP contribution in [0.15, 0.2) is 52.9 Å². The third-order valence-electron chi connectivity index (χ3n) is 3.34. The fraction of sp³-hybridized carbons (Fsp3) is 0.111. The van der Waals surface area contributed by atoms with Gasteiger partial charge in [0.1, 0.15) is 17.2 Å². The normalized spacial score (nSPS) is 10.5. The molecule has 0 aliphatic heterocycles. The molecule has 1 heterocycles. The molecular weight excluding hydrogens is 346 g/mol. The fourth-order valence-corrected chi connectivity index (χ4v) is 2.27. The van der Waals surface area contributed by atoms with E-state index in [-0.39, 0.29) is 24.0 Å². The van der Waals surface area contributed by atoms with Crippen molar-refractivity contribution in [2.45, 2.75) is 6.42 Å². The molecule has 0 aliphatic carbocycles. The zero-order chi connectivity index (χ0) is 17.8. The number of methoxy groups -OCH3 is 1. The molecule has 3 aromatic rings. The molecule has 0 amide bonds. The van der Waals surface area contributed by atoms with Crippen molar-refractivity contribution >= 4 is 17.6 Å². The molecule has 0 saturated carbocycles. The number of carboxylic acids is 1. The molecule has 0 unspecified atom stereocenters. The molecule has 0 bridgehead atoms. The number of aromatic nitrogens is 1. The summed E-state index contributed by atoms with van der Waals surface area (Å²) in [5.41, 5.74) is 0.869.